The van der Waals surface area contributed by atoms with Crippen LogP contribution in [0.5, 0.6) is 0 Å². The van der Waals surface area contributed by atoms with Crippen molar-refractivity contribution in [2.45, 2.75) is 106 Å². The number of benzene rings is 2. The number of hydrogen-bond donors (Lipinski definition) is 4. The van der Waals surface area contributed by atoms with Crippen molar-refractivity contribution in [1.29, 1.82) is 0 Å². The van der Waals surface area contributed by atoms with Crippen LogP contribution in [-0.4, -0.2) is 77.3 Å². The van der Waals surface area contributed by atoms with E-state index in [1.54, 1.807) is 32.9 Å². The number of sulfonamides is 1. The maximum Gasteiger partial charge on any atom is 0.408 e. The molecule has 2 aliphatic carbocycles. The maximum absolute atomic E-state index is 14.4. The average molecular weight is 707 g/mol. The number of carbonyl (C=O) groups excluding carboxylic acids is 4. The van der Waals surface area contributed by atoms with Crippen LogP contribution in [0.15, 0.2) is 66.7 Å². The number of aliphatic hydroxyl groups is 1. The van der Waals surface area contributed by atoms with Gasteiger partial charge in [-0.25, -0.2) is 13.2 Å². The molecule has 0 aromatic heterocycles. The molecule has 1 saturated heterocycles. The summed E-state index contributed by atoms with van der Waals surface area (Å²) in [6.45, 7) is 4.89. The SMILES string of the molecule is CC(C)(C)OC(=O)N[C@H]1CCCC/C=C/[C@@H]2C[C@]2(C(=O)NS(=O)(=O)C2CC2)NC(=O)[C@@H]2C[C@@](O)(c3ccc(-c4ccccc4)cc3)CN2C1=O. The minimum atomic E-state index is -3.89. The molecule has 0 radical (unpaired) electrons. The molecule has 6 rings (SSSR count). The fourth-order valence-corrected chi connectivity index (χ4v) is 8.27. The van der Waals surface area contributed by atoms with E-state index in [0.717, 1.165) is 11.1 Å². The summed E-state index contributed by atoms with van der Waals surface area (Å²) in [5, 5.41) is 17.0. The molecule has 0 spiro atoms. The summed E-state index contributed by atoms with van der Waals surface area (Å²) in [6, 6.07) is 14.7. The third-order valence-electron chi connectivity index (χ3n) is 9.89. The van der Waals surface area contributed by atoms with Gasteiger partial charge in [-0.2, -0.15) is 0 Å². The number of ether oxygens (including phenoxy) is 1. The van der Waals surface area contributed by atoms with E-state index in [0.29, 0.717) is 37.7 Å². The largest absolute Gasteiger partial charge is 0.444 e. The van der Waals surface area contributed by atoms with Gasteiger partial charge in [0.15, 0.2) is 0 Å². The van der Waals surface area contributed by atoms with Crippen molar-refractivity contribution in [3.63, 3.8) is 0 Å². The van der Waals surface area contributed by atoms with Gasteiger partial charge in [-0.15, -0.1) is 0 Å². The zero-order chi connectivity index (χ0) is 35.9. The van der Waals surface area contributed by atoms with E-state index in [9.17, 15) is 32.7 Å². The number of fused-ring (bicyclic) bond motifs is 2. The van der Waals surface area contributed by atoms with Gasteiger partial charge < -0.3 is 25.4 Å². The number of nitrogens with one attached hydrogen (secondary N) is 3. The number of alkyl carbamates (subject to hydrolysis) is 1. The van der Waals surface area contributed by atoms with Crippen molar-refractivity contribution in [2.75, 3.05) is 6.54 Å². The Labute approximate surface area is 293 Å². The molecular formula is C37H46N4O8S. The zero-order valence-corrected chi connectivity index (χ0v) is 29.5. The fraction of sp³-hybridized carbons (Fsp3) is 0.514. The first kappa shape index (κ1) is 35.6. The van der Waals surface area contributed by atoms with Crippen molar-refractivity contribution in [1.82, 2.24) is 20.3 Å². The van der Waals surface area contributed by atoms with Crippen LogP contribution in [0.4, 0.5) is 4.79 Å². The van der Waals surface area contributed by atoms with Crippen LogP contribution < -0.4 is 15.4 Å². The molecule has 2 saturated carbocycles. The van der Waals surface area contributed by atoms with E-state index >= 15 is 0 Å². The molecule has 5 atom stereocenters. The second kappa shape index (κ2) is 13.5. The van der Waals surface area contributed by atoms with Crippen molar-refractivity contribution < 1.29 is 37.4 Å². The van der Waals surface area contributed by atoms with Gasteiger partial charge in [-0.3, -0.25) is 19.1 Å². The smallest absolute Gasteiger partial charge is 0.408 e. The quantitative estimate of drug-likeness (QED) is 0.330. The first-order chi connectivity index (χ1) is 23.6. The van der Waals surface area contributed by atoms with Crippen LogP contribution in [0.3, 0.4) is 0 Å². The number of hydrogen-bond acceptors (Lipinski definition) is 8. The lowest BCUT2D eigenvalue weighted by molar-refractivity contribution is -0.141. The predicted molar refractivity (Wildman–Crippen MR) is 186 cm³/mol. The summed E-state index contributed by atoms with van der Waals surface area (Å²) in [5.74, 6) is -2.52. The molecule has 2 heterocycles. The predicted octanol–water partition coefficient (Wildman–Crippen LogP) is 3.65. The Kier molecular flexibility index (Phi) is 9.59. The monoisotopic (exact) mass is 706 g/mol. The Bertz CT molecular complexity index is 1770. The van der Waals surface area contributed by atoms with Gasteiger partial charge in [-0.1, -0.05) is 73.2 Å². The second-order valence-electron chi connectivity index (χ2n) is 15.0. The summed E-state index contributed by atoms with van der Waals surface area (Å²) < 4.78 is 33.1. The van der Waals surface area contributed by atoms with Gasteiger partial charge in [0, 0.05) is 12.3 Å². The molecule has 3 fully saturated rings. The third kappa shape index (κ3) is 7.73. The molecule has 2 aliphatic heterocycles. The van der Waals surface area contributed by atoms with Crippen LogP contribution in [-0.2, 0) is 34.7 Å². The van der Waals surface area contributed by atoms with E-state index in [4.69, 9.17) is 4.74 Å². The van der Waals surface area contributed by atoms with Crippen molar-refractivity contribution >= 4 is 33.8 Å². The molecule has 2 aromatic carbocycles. The Hall–Kier alpha value is -4.23. The Balaban J connectivity index is 1.32. The van der Waals surface area contributed by atoms with Crippen LogP contribution in [0.1, 0.15) is 77.7 Å². The third-order valence-corrected chi connectivity index (χ3v) is 11.7. The minimum absolute atomic E-state index is 0.188. The van der Waals surface area contributed by atoms with Crippen LogP contribution in [0.25, 0.3) is 11.1 Å². The van der Waals surface area contributed by atoms with Gasteiger partial charge in [0.05, 0.1) is 11.8 Å². The normalized spacial score (nSPS) is 29.4. The van der Waals surface area contributed by atoms with E-state index in [1.807, 2.05) is 54.6 Å². The number of allylic oxidation sites excluding steroid dienone is 1. The molecular weight excluding hydrogens is 660 g/mol. The van der Waals surface area contributed by atoms with Gasteiger partial charge in [-0.05, 0) is 76.0 Å². The molecule has 4 amide bonds. The Morgan fingerprint density at radius 3 is 2.30 bits per heavy atom. The van der Waals surface area contributed by atoms with Crippen molar-refractivity contribution in [3.05, 3.63) is 72.3 Å². The highest BCUT2D eigenvalue weighted by Gasteiger charge is 2.62. The lowest BCUT2D eigenvalue weighted by atomic mass is 9.89. The van der Waals surface area contributed by atoms with Gasteiger partial charge >= 0.3 is 6.09 Å². The second-order valence-corrected chi connectivity index (χ2v) is 17.0. The molecule has 268 valence electrons. The zero-order valence-electron chi connectivity index (χ0n) is 28.7. The molecule has 12 nitrogen and oxygen atoms in total. The fourth-order valence-electron chi connectivity index (χ4n) is 6.91. The first-order valence-corrected chi connectivity index (χ1v) is 18.9. The highest BCUT2D eigenvalue weighted by molar-refractivity contribution is 7.91. The Morgan fingerprint density at radius 2 is 1.64 bits per heavy atom. The number of amides is 4. The minimum Gasteiger partial charge on any atom is -0.444 e. The van der Waals surface area contributed by atoms with Gasteiger partial charge in [0.2, 0.25) is 21.8 Å². The lowest BCUT2D eigenvalue weighted by Crippen LogP contribution is -2.58. The van der Waals surface area contributed by atoms with Crippen LogP contribution in [0, 0.1) is 5.92 Å². The van der Waals surface area contributed by atoms with E-state index in [1.165, 1.54) is 4.90 Å². The highest BCUT2D eigenvalue weighted by Crippen LogP contribution is 2.47. The maximum atomic E-state index is 14.4. The van der Waals surface area contributed by atoms with E-state index in [-0.39, 0.29) is 25.8 Å². The molecule has 13 heteroatoms. The number of nitrogens with zero attached hydrogens (tertiary/aromatic N) is 1. The molecule has 50 heavy (non-hydrogen) atoms. The van der Waals surface area contributed by atoms with Crippen LogP contribution >= 0.6 is 0 Å². The molecule has 0 bridgehead atoms. The Morgan fingerprint density at radius 1 is 0.960 bits per heavy atom. The van der Waals surface area contributed by atoms with Crippen LogP contribution in [0.2, 0.25) is 0 Å². The summed E-state index contributed by atoms with van der Waals surface area (Å²) in [4.78, 5) is 56.4. The summed E-state index contributed by atoms with van der Waals surface area (Å²) in [7, 11) is -3.89. The summed E-state index contributed by atoms with van der Waals surface area (Å²) in [6.07, 6.45) is 5.99. The summed E-state index contributed by atoms with van der Waals surface area (Å²) >= 11 is 0. The molecule has 0 unspecified atom stereocenters. The average Bonchev–Trinajstić information content (AvgIpc) is 3.99. The highest BCUT2D eigenvalue weighted by atomic mass is 32.2. The molecule has 4 N–H and O–H groups in total. The topological polar surface area (TPSA) is 171 Å². The van der Waals surface area contributed by atoms with E-state index in [2.05, 4.69) is 15.4 Å². The first-order valence-electron chi connectivity index (χ1n) is 17.3. The van der Waals surface area contributed by atoms with Gasteiger partial charge in [0.1, 0.15) is 28.8 Å². The lowest BCUT2D eigenvalue weighted by Gasteiger charge is -2.31. The summed E-state index contributed by atoms with van der Waals surface area (Å²) in [5.41, 5.74) is -1.59. The standard InChI is InChI=1S/C37H46N4O8S/c1-35(2,3)49-34(45)38-29-14-10-5-4-9-13-27-21-37(27,33(44)40-50(47,48)28-19-20-28)39-31(42)30-22-36(46,23-41(30)32(29)43)26-17-15-25(16-18-26)24-11-7-6-8-12-24/h6-9,11-13,15-18,27-30,46H,4-5,10,14,19-23H2,1-3H3,(H,38,45)(H,39,42)(H,40,44)/b13-9+/t27-,29+,30+,36+,37+/m1/s1. The molecule has 4 aliphatic rings. The van der Waals surface area contributed by atoms with E-state index < -0.39 is 73.8 Å². The number of carbonyl (C=O) groups is 4. The molecule has 2 aromatic rings. The van der Waals surface area contributed by atoms with Crippen molar-refractivity contribution in [3.8, 4) is 11.1 Å². The van der Waals surface area contributed by atoms with Gasteiger partial charge in [0.25, 0.3) is 5.91 Å². The van der Waals surface area contributed by atoms with Crippen molar-refractivity contribution in [2.24, 2.45) is 5.92 Å². The number of rotatable bonds is 6.